The van der Waals surface area contributed by atoms with Crippen molar-refractivity contribution in [2.75, 3.05) is 5.32 Å². The molecule has 1 saturated carbocycles. The largest absolute Gasteiger partial charge is 0.362 e. The standard InChI is InChI=1S/C12H16BrN3O2/c1-12(2)4-3-9(6-12)15-11-10(16(17)18)5-8(13)7-14-11/h5,7,9H,3-4,6H2,1-2H3,(H,14,15). The summed E-state index contributed by atoms with van der Waals surface area (Å²) in [5.74, 6) is 0.367. The molecule has 0 bridgehead atoms. The molecule has 0 aromatic carbocycles. The number of anilines is 1. The third-order valence-corrected chi connectivity index (χ3v) is 3.77. The molecule has 2 rings (SSSR count). The smallest absolute Gasteiger partial charge is 0.312 e. The Morgan fingerprint density at radius 2 is 2.33 bits per heavy atom. The lowest BCUT2D eigenvalue weighted by Crippen LogP contribution is -2.19. The van der Waals surface area contributed by atoms with E-state index in [1.807, 2.05) is 0 Å². The maximum Gasteiger partial charge on any atom is 0.312 e. The summed E-state index contributed by atoms with van der Waals surface area (Å²) in [7, 11) is 0. The van der Waals surface area contributed by atoms with Crippen LogP contribution in [0.25, 0.3) is 0 Å². The van der Waals surface area contributed by atoms with E-state index in [2.05, 4.69) is 40.1 Å². The van der Waals surface area contributed by atoms with Crippen LogP contribution >= 0.6 is 15.9 Å². The Balaban J connectivity index is 2.17. The minimum absolute atomic E-state index is 0.0223. The van der Waals surface area contributed by atoms with Crippen molar-refractivity contribution in [2.45, 2.75) is 39.2 Å². The summed E-state index contributed by atoms with van der Waals surface area (Å²) in [6.07, 6.45) is 4.76. The SMILES string of the molecule is CC1(C)CCC(Nc2ncc(Br)cc2[N+](=O)[O-])C1. The predicted octanol–water partition coefficient (Wildman–Crippen LogP) is 3.74. The molecule has 1 atom stereocenters. The molecule has 0 aliphatic heterocycles. The number of nitro groups is 1. The Hall–Kier alpha value is -1.17. The van der Waals surface area contributed by atoms with Gasteiger partial charge in [0.2, 0.25) is 5.82 Å². The van der Waals surface area contributed by atoms with Crippen LogP contribution < -0.4 is 5.32 Å². The minimum Gasteiger partial charge on any atom is -0.362 e. The molecular weight excluding hydrogens is 298 g/mol. The molecule has 1 aromatic rings. The second-order valence-electron chi connectivity index (χ2n) is 5.53. The molecule has 98 valence electrons. The number of aromatic nitrogens is 1. The molecule has 1 heterocycles. The van der Waals surface area contributed by atoms with Crippen molar-refractivity contribution in [3.8, 4) is 0 Å². The van der Waals surface area contributed by atoms with Gasteiger partial charge in [-0.1, -0.05) is 13.8 Å². The van der Waals surface area contributed by atoms with Crippen LogP contribution in [0, 0.1) is 15.5 Å². The van der Waals surface area contributed by atoms with Crippen molar-refractivity contribution in [1.82, 2.24) is 4.98 Å². The first kappa shape index (κ1) is 13.3. The summed E-state index contributed by atoms with van der Waals surface area (Å²) in [5.41, 5.74) is 0.330. The highest BCUT2D eigenvalue weighted by molar-refractivity contribution is 9.10. The molecule has 0 saturated heterocycles. The Morgan fingerprint density at radius 1 is 1.61 bits per heavy atom. The minimum atomic E-state index is -0.403. The van der Waals surface area contributed by atoms with Gasteiger partial charge in [-0.3, -0.25) is 10.1 Å². The molecule has 1 aromatic heterocycles. The molecule has 0 radical (unpaired) electrons. The number of nitrogens with zero attached hydrogens (tertiary/aromatic N) is 2. The van der Waals surface area contributed by atoms with E-state index >= 15 is 0 Å². The van der Waals surface area contributed by atoms with Gasteiger partial charge in [-0.05, 0) is 40.6 Å². The summed E-state index contributed by atoms with van der Waals surface area (Å²) >= 11 is 3.20. The van der Waals surface area contributed by atoms with Gasteiger partial charge in [0, 0.05) is 22.8 Å². The van der Waals surface area contributed by atoms with E-state index in [9.17, 15) is 10.1 Å². The van der Waals surface area contributed by atoms with E-state index in [4.69, 9.17) is 0 Å². The molecule has 1 fully saturated rings. The predicted molar refractivity (Wildman–Crippen MR) is 73.6 cm³/mol. The average molecular weight is 314 g/mol. The van der Waals surface area contributed by atoms with Crippen molar-refractivity contribution in [2.24, 2.45) is 5.41 Å². The van der Waals surface area contributed by atoms with Gasteiger partial charge in [0.25, 0.3) is 0 Å². The number of pyridine rings is 1. The lowest BCUT2D eigenvalue weighted by molar-refractivity contribution is -0.384. The maximum absolute atomic E-state index is 11.0. The normalized spacial score (nSPS) is 21.8. The zero-order valence-electron chi connectivity index (χ0n) is 10.4. The molecule has 1 unspecified atom stereocenters. The quantitative estimate of drug-likeness (QED) is 0.681. The monoisotopic (exact) mass is 313 g/mol. The lowest BCUT2D eigenvalue weighted by Gasteiger charge is -2.18. The molecule has 6 heteroatoms. The number of halogens is 1. The van der Waals surface area contributed by atoms with Crippen LogP contribution in [-0.4, -0.2) is 15.9 Å². The zero-order chi connectivity index (χ0) is 13.3. The second kappa shape index (κ2) is 4.84. The zero-order valence-corrected chi connectivity index (χ0v) is 12.0. The second-order valence-corrected chi connectivity index (χ2v) is 6.44. The summed E-state index contributed by atoms with van der Waals surface area (Å²) < 4.78 is 0.617. The van der Waals surface area contributed by atoms with Gasteiger partial charge in [-0.2, -0.15) is 0 Å². The van der Waals surface area contributed by atoms with E-state index in [0.29, 0.717) is 15.7 Å². The Kier molecular flexibility index (Phi) is 3.56. The van der Waals surface area contributed by atoms with Gasteiger partial charge >= 0.3 is 5.69 Å². The van der Waals surface area contributed by atoms with Gasteiger partial charge in [0.15, 0.2) is 0 Å². The fourth-order valence-electron chi connectivity index (χ4n) is 2.43. The lowest BCUT2D eigenvalue weighted by atomic mass is 9.92. The van der Waals surface area contributed by atoms with E-state index in [0.717, 1.165) is 19.3 Å². The van der Waals surface area contributed by atoms with Gasteiger partial charge in [-0.25, -0.2) is 4.98 Å². The van der Waals surface area contributed by atoms with Crippen LogP contribution in [0.15, 0.2) is 16.7 Å². The van der Waals surface area contributed by atoms with Gasteiger partial charge in [0.05, 0.1) is 4.92 Å². The molecule has 0 amide bonds. The number of nitrogens with one attached hydrogen (secondary N) is 1. The van der Waals surface area contributed by atoms with Crippen LogP contribution in [0.1, 0.15) is 33.1 Å². The van der Waals surface area contributed by atoms with E-state index < -0.39 is 4.92 Å². The molecule has 18 heavy (non-hydrogen) atoms. The summed E-state index contributed by atoms with van der Waals surface area (Å²) in [6, 6.07) is 1.75. The fraction of sp³-hybridized carbons (Fsp3) is 0.583. The Labute approximate surface area is 114 Å². The van der Waals surface area contributed by atoms with E-state index in [1.54, 1.807) is 6.20 Å². The van der Waals surface area contributed by atoms with Crippen LogP contribution in [0.4, 0.5) is 11.5 Å². The van der Waals surface area contributed by atoms with Gasteiger partial charge in [-0.15, -0.1) is 0 Å². The maximum atomic E-state index is 11.0. The fourth-order valence-corrected chi connectivity index (χ4v) is 2.75. The van der Waals surface area contributed by atoms with Crippen molar-refractivity contribution in [3.05, 3.63) is 26.9 Å². The van der Waals surface area contributed by atoms with Crippen molar-refractivity contribution in [1.29, 1.82) is 0 Å². The molecule has 5 nitrogen and oxygen atoms in total. The first-order valence-electron chi connectivity index (χ1n) is 5.94. The highest BCUT2D eigenvalue weighted by Gasteiger charge is 2.32. The average Bonchev–Trinajstić information content (AvgIpc) is 2.60. The van der Waals surface area contributed by atoms with Crippen LogP contribution in [0.2, 0.25) is 0 Å². The topological polar surface area (TPSA) is 68.1 Å². The summed E-state index contributed by atoms with van der Waals surface area (Å²) in [6.45, 7) is 4.44. The Morgan fingerprint density at radius 3 is 2.89 bits per heavy atom. The molecule has 1 N–H and O–H groups in total. The van der Waals surface area contributed by atoms with Crippen molar-refractivity contribution < 1.29 is 4.92 Å². The molecule has 1 aliphatic rings. The first-order valence-corrected chi connectivity index (χ1v) is 6.73. The van der Waals surface area contributed by atoms with Crippen LogP contribution in [0.5, 0.6) is 0 Å². The third kappa shape index (κ3) is 2.98. The van der Waals surface area contributed by atoms with E-state index in [1.165, 1.54) is 6.07 Å². The van der Waals surface area contributed by atoms with Crippen molar-refractivity contribution in [3.63, 3.8) is 0 Å². The highest BCUT2D eigenvalue weighted by atomic mass is 79.9. The van der Waals surface area contributed by atoms with Crippen LogP contribution in [0.3, 0.4) is 0 Å². The van der Waals surface area contributed by atoms with Gasteiger partial charge in [0.1, 0.15) is 0 Å². The number of rotatable bonds is 3. The summed E-state index contributed by atoms with van der Waals surface area (Å²) in [5, 5.41) is 14.2. The van der Waals surface area contributed by atoms with E-state index in [-0.39, 0.29) is 11.7 Å². The third-order valence-electron chi connectivity index (χ3n) is 3.34. The van der Waals surface area contributed by atoms with Crippen LogP contribution in [-0.2, 0) is 0 Å². The van der Waals surface area contributed by atoms with Gasteiger partial charge < -0.3 is 5.32 Å². The number of hydrogen-bond donors (Lipinski definition) is 1. The highest BCUT2D eigenvalue weighted by Crippen LogP contribution is 2.39. The molecule has 1 aliphatic carbocycles. The van der Waals surface area contributed by atoms with Crippen molar-refractivity contribution >= 4 is 27.4 Å². The molecular formula is C12H16BrN3O2. The first-order chi connectivity index (χ1) is 8.37. The molecule has 0 spiro atoms. The number of hydrogen-bond acceptors (Lipinski definition) is 4. The Bertz CT molecular complexity index is 476. The summed E-state index contributed by atoms with van der Waals surface area (Å²) in [4.78, 5) is 14.7.